The van der Waals surface area contributed by atoms with Gasteiger partial charge in [-0.1, -0.05) is 79.3 Å². The Hall–Kier alpha value is -3.58. The minimum atomic E-state index is -0.798. The van der Waals surface area contributed by atoms with Gasteiger partial charge in [0.15, 0.2) is 0 Å². The van der Waals surface area contributed by atoms with E-state index in [1.807, 2.05) is 50.2 Å². The molecule has 1 aliphatic rings. The number of ether oxygens (including phenoxy) is 1. The number of anilines is 1. The van der Waals surface area contributed by atoms with Crippen molar-refractivity contribution in [3.05, 3.63) is 82.9 Å². The molecule has 0 unspecified atom stereocenters. The molecule has 2 aromatic carbocycles. The molecule has 4 aromatic rings. The maximum Gasteiger partial charge on any atom is 0.232 e. The number of fused-ring (bicyclic) bond motifs is 2. The molecule has 1 N–H and O–H groups in total. The number of carbonyl (C=O) groups excluding carboxylic acids is 1. The maximum absolute atomic E-state index is 13.3. The third-order valence-electron chi connectivity index (χ3n) is 5.87. The summed E-state index contributed by atoms with van der Waals surface area (Å²) < 4.78 is 6.21. The number of para-hydroxylation sites is 1. The van der Waals surface area contributed by atoms with E-state index in [4.69, 9.17) is 9.72 Å². The van der Waals surface area contributed by atoms with Crippen molar-refractivity contribution in [3.63, 3.8) is 0 Å². The molecule has 5 rings (SSSR count). The van der Waals surface area contributed by atoms with Gasteiger partial charge in [0.25, 0.3) is 0 Å². The molecule has 1 amide bonds. The van der Waals surface area contributed by atoms with Crippen LogP contribution in [0.4, 0.5) is 5.13 Å². The lowest BCUT2D eigenvalue weighted by Gasteiger charge is -2.37. The highest BCUT2D eigenvalue weighted by molar-refractivity contribution is 7.13. The first-order chi connectivity index (χ1) is 15.4. The number of benzene rings is 2. The highest BCUT2D eigenvalue weighted by Crippen LogP contribution is 2.51. The highest BCUT2D eigenvalue weighted by Gasteiger charge is 2.44. The molecular formula is C25H22N4O2S. The summed E-state index contributed by atoms with van der Waals surface area (Å²) in [5, 5.41) is 11.2. The van der Waals surface area contributed by atoms with Crippen molar-refractivity contribution in [1.82, 2.24) is 15.2 Å². The van der Waals surface area contributed by atoms with Crippen molar-refractivity contribution >= 4 is 22.4 Å². The number of aryl methyl sites for hydroxylation is 1. The average molecular weight is 443 g/mol. The van der Waals surface area contributed by atoms with Crippen molar-refractivity contribution in [1.29, 1.82) is 0 Å². The number of carbonyl (C=O) groups is 1. The molecule has 0 spiro atoms. The summed E-state index contributed by atoms with van der Waals surface area (Å²) in [6.45, 7) is 5.94. The highest BCUT2D eigenvalue weighted by atomic mass is 32.1. The van der Waals surface area contributed by atoms with Crippen molar-refractivity contribution in [2.45, 2.75) is 26.7 Å². The van der Waals surface area contributed by atoms with Gasteiger partial charge in [-0.25, -0.2) is 4.98 Å². The second kappa shape index (κ2) is 7.84. The van der Waals surface area contributed by atoms with E-state index in [2.05, 4.69) is 46.7 Å². The molecule has 160 valence electrons. The fourth-order valence-corrected chi connectivity index (χ4v) is 4.56. The van der Waals surface area contributed by atoms with Gasteiger partial charge in [0.1, 0.15) is 11.3 Å². The van der Waals surface area contributed by atoms with E-state index in [1.54, 1.807) is 5.51 Å². The van der Waals surface area contributed by atoms with Crippen LogP contribution in [0.2, 0.25) is 0 Å². The predicted octanol–water partition coefficient (Wildman–Crippen LogP) is 5.81. The Kier molecular flexibility index (Phi) is 4.98. The molecule has 2 aromatic heterocycles. The number of hydrogen-bond donors (Lipinski definition) is 1. The normalized spacial score (nSPS) is 14.8. The van der Waals surface area contributed by atoms with E-state index >= 15 is 0 Å². The Morgan fingerprint density at radius 3 is 2.56 bits per heavy atom. The molecular weight excluding hydrogens is 420 g/mol. The summed E-state index contributed by atoms with van der Waals surface area (Å²) in [7, 11) is 0. The van der Waals surface area contributed by atoms with Crippen LogP contribution in [-0.4, -0.2) is 21.1 Å². The number of hydrogen-bond acceptors (Lipinski definition) is 6. The first-order valence-electron chi connectivity index (χ1n) is 10.4. The Morgan fingerprint density at radius 2 is 1.81 bits per heavy atom. The average Bonchev–Trinajstić information content (AvgIpc) is 3.30. The van der Waals surface area contributed by atoms with Gasteiger partial charge in [-0.2, -0.15) is 0 Å². The first kappa shape index (κ1) is 20.3. The molecule has 32 heavy (non-hydrogen) atoms. The number of amides is 1. The zero-order valence-electron chi connectivity index (χ0n) is 18.0. The lowest BCUT2D eigenvalue weighted by atomic mass is 9.69. The Labute approximate surface area is 190 Å². The quantitative estimate of drug-likeness (QED) is 0.431. The first-order valence-corrected chi connectivity index (χ1v) is 11.2. The molecule has 1 aliphatic heterocycles. The molecule has 0 saturated carbocycles. The second-order valence-corrected chi connectivity index (χ2v) is 9.28. The summed E-state index contributed by atoms with van der Waals surface area (Å²) in [6, 6.07) is 20.1. The monoisotopic (exact) mass is 442 g/mol. The van der Waals surface area contributed by atoms with E-state index in [0.717, 1.165) is 28.1 Å². The predicted molar refractivity (Wildman–Crippen MR) is 125 cm³/mol. The van der Waals surface area contributed by atoms with Crippen LogP contribution in [0, 0.1) is 12.3 Å². The van der Waals surface area contributed by atoms with Crippen LogP contribution in [0.3, 0.4) is 0 Å². The molecule has 7 heteroatoms. The molecule has 6 nitrogen and oxygen atoms in total. The summed E-state index contributed by atoms with van der Waals surface area (Å²) in [5.41, 5.74) is 5.69. The zero-order chi connectivity index (χ0) is 22.3. The van der Waals surface area contributed by atoms with E-state index < -0.39 is 5.41 Å². The molecule has 1 atom stereocenters. The molecule has 0 saturated heterocycles. The molecule has 0 radical (unpaired) electrons. The summed E-state index contributed by atoms with van der Waals surface area (Å²) in [5.74, 6) is 0.873. The van der Waals surface area contributed by atoms with Crippen molar-refractivity contribution in [2.75, 3.05) is 5.32 Å². The van der Waals surface area contributed by atoms with Gasteiger partial charge >= 0.3 is 0 Å². The number of aromatic nitrogens is 3. The number of nitrogens with zero attached hydrogens (tertiary/aromatic N) is 3. The summed E-state index contributed by atoms with van der Waals surface area (Å²) in [4.78, 5) is 18.2. The SMILES string of the molecule is Cc1ccc(-c2ccc3c(n2)Oc2ccccc2[C@@H]3C(C)(C)C(=O)Nc2nncs2)cc1. The van der Waals surface area contributed by atoms with Crippen molar-refractivity contribution < 1.29 is 9.53 Å². The van der Waals surface area contributed by atoms with E-state index in [0.29, 0.717) is 11.0 Å². The zero-order valence-corrected chi connectivity index (χ0v) is 18.8. The fraction of sp³-hybridized carbons (Fsp3) is 0.200. The van der Waals surface area contributed by atoms with Gasteiger partial charge in [-0.3, -0.25) is 4.79 Å². The Balaban J connectivity index is 1.58. The van der Waals surface area contributed by atoms with Crippen LogP contribution in [-0.2, 0) is 4.79 Å². The van der Waals surface area contributed by atoms with Crippen LogP contribution in [0.5, 0.6) is 11.6 Å². The Morgan fingerprint density at radius 1 is 1.03 bits per heavy atom. The standard InChI is InChI=1S/C25H22N4O2S/c1-15-8-10-16(11-9-15)19-13-12-18-21(17-6-4-5-7-20(17)31-22(18)27-19)25(2,3)23(30)28-24-29-26-14-32-24/h4-14,21H,1-3H3,(H,28,29,30)/t21-/m0/s1. The minimum Gasteiger partial charge on any atom is -0.438 e. The third kappa shape index (κ3) is 3.54. The number of nitrogens with one attached hydrogen (secondary N) is 1. The third-order valence-corrected chi connectivity index (χ3v) is 6.48. The molecule has 0 bridgehead atoms. The van der Waals surface area contributed by atoms with Gasteiger partial charge < -0.3 is 10.1 Å². The minimum absolute atomic E-state index is 0.135. The van der Waals surface area contributed by atoms with E-state index in [1.165, 1.54) is 16.9 Å². The van der Waals surface area contributed by atoms with Crippen LogP contribution >= 0.6 is 11.3 Å². The summed E-state index contributed by atoms with van der Waals surface area (Å²) >= 11 is 1.29. The smallest absolute Gasteiger partial charge is 0.232 e. The topological polar surface area (TPSA) is 77.0 Å². The van der Waals surface area contributed by atoms with Crippen molar-refractivity contribution in [2.24, 2.45) is 5.41 Å². The molecule has 0 aliphatic carbocycles. The van der Waals surface area contributed by atoms with Gasteiger partial charge in [0.05, 0.1) is 11.1 Å². The van der Waals surface area contributed by atoms with Gasteiger partial charge in [-0.15, -0.1) is 10.2 Å². The fourth-order valence-electron chi connectivity index (χ4n) is 4.12. The van der Waals surface area contributed by atoms with E-state index in [-0.39, 0.29) is 11.8 Å². The van der Waals surface area contributed by atoms with Crippen molar-refractivity contribution in [3.8, 4) is 22.9 Å². The van der Waals surface area contributed by atoms with Crippen LogP contribution < -0.4 is 10.1 Å². The summed E-state index contributed by atoms with van der Waals surface area (Å²) in [6.07, 6.45) is 0. The lowest BCUT2D eigenvalue weighted by Crippen LogP contribution is -2.38. The second-order valence-electron chi connectivity index (χ2n) is 8.45. The maximum atomic E-state index is 13.3. The Bertz CT molecular complexity index is 1280. The molecule has 3 heterocycles. The number of rotatable bonds is 4. The lowest BCUT2D eigenvalue weighted by molar-refractivity contribution is -0.124. The van der Waals surface area contributed by atoms with Gasteiger partial charge in [0, 0.05) is 22.6 Å². The van der Waals surface area contributed by atoms with Gasteiger partial charge in [0.2, 0.25) is 16.9 Å². The van der Waals surface area contributed by atoms with Crippen LogP contribution in [0.1, 0.15) is 36.5 Å². The number of pyridine rings is 1. The van der Waals surface area contributed by atoms with E-state index in [9.17, 15) is 4.79 Å². The van der Waals surface area contributed by atoms with Gasteiger partial charge in [-0.05, 0) is 19.1 Å². The molecule has 0 fully saturated rings. The van der Waals surface area contributed by atoms with Crippen LogP contribution in [0.15, 0.2) is 66.2 Å². The van der Waals surface area contributed by atoms with Crippen LogP contribution in [0.25, 0.3) is 11.3 Å². The largest absolute Gasteiger partial charge is 0.438 e.